The second kappa shape index (κ2) is 8.18. The minimum atomic E-state index is -4.45. The van der Waals surface area contributed by atoms with Crippen molar-refractivity contribution >= 4 is 11.5 Å². The minimum absolute atomic E-state index is 0.0873. The van der Waals surface area contributed by atoms with Crippen LogP contribution < -0.4 is 10.1 Å². The Labute approximate surface area is 167 Å². The molecule has 8 heteroatoms. The molecule has 1 aliphatic carbocycles. The summed E-state index contributed by atoms with van der Waals surface area (Å²) in [6, 6.07) is 5.36. The fraction of sp³-hybridized carbons (Fsp3) is 0.524. The number of nitrogens with one attached hydrogen (secondary N) is 1. The van der Waals surface area contributed by atoms with E-state index in [-0.39, 0.29) is 11.7 Å². The molecule has 2 aliphatic rings. The Kier molecular flexibility index (Phi) is 5.63. The summed E-state index contributed by atoms with van der Waals surface area (Å²) in [6.07, 6.45) is 0.710. The number of ether oxygens (including phenoxy) is 2. The summed E-state index contributed by atoms with van der Waals surface area (Å²) in [5.74, 6) is 1.27. The van der Waals surface area contributed by atoms with E-state index in [1.165, 1.54) is 0 Å². The first-order valence-corrected chi connectivity index (χ1v) is 9.95. The van der Waals surface area contributed by atoms with Crippen LogP contribution in [0.3, 0.4) is 0 Å². The first kappa shape index (κ1) is 19.9. The molecule has 1 atom stereocenters. The number of halogens is 3. The first-order valence-electron chi connectivity index (χ1n) is 9.95. The Morgan fingerprint density at radius 2 is 1.83 bits per heavy atom. The molecule has 0 amide bonds. The van der Waals surface area contributed by atoms with Crippen LogP contribution in [0.2, 0.25) is 0 Å². The van der Waals surface area contributed by atoms with Crippen LogP contribution in [0.15, 0.2) is 30.6 Å². The lowest BCUT2D eigenvalue weighted by Gasteiger charge is -2.28. The van der Waals surface area contributed by atoms with Gasteiger partial charge in [-0.05, 0) is 50.2 Å². The molecule has 29 heavy (non-hydrogen) atoms. The van der Waals surface area contributed by atoms with Crippen molar-refractivity contribution in [3.63, 3.8) is 0 Å². The number of para-hydroxylation sites is 1. The van der Waals surface area contributed by atoms with Crippen molar-refractivity contribution in [1.29, 1.82) is 0 Å². The van der Waals surface area contributed by atoms with Crippen LogP contribution in [0.5, 0.6) is 5.75 Å². The zero-order valence-electron chi connectivity index (χ0n) is 16.2. The van der Waals surface area contributed by atoms with Crippen molar-refractivity contribution in [2.45, 2.75) is 56.7 Å². The van der Waals surface area contributed by atoms with Gasteiger partial charge in [0.25, 0.3) is 0 Å². The highest BCUT2D eigenvalue weighted by atomic mass is 19.4. The number of aromatic nitrogens is 2. The van der Waals surface area contributed by atoms with E-state index in [2.05, 4.69) is 15.3 Å². The van der Waals surface area contributed by atoms with Gasteiger partial charge in [-0.1, -0.05) is 12.1 Å². The van der Waals surface area contributed by atoms with Gasteiger partial charge in [-0.25, -0.2) is 4.98 Å². The van der Waals surface area contributed by atoms with E-state index in [1.54, 1.807) is 18.5 Å². The van der Waals surface area contributed by atoms with Crippen LogP contribution in [-0.2, 0) is 4.74 Å². The van der Waals surface area contributed by atoms with E-state index in [0.717, 1.165) is 43.9 Å². The van der Waals surface area contributed by atoms with Gasteiger partial charge >= 0.3 is 6.18 Å². The highest BCUT2D eigenvalue weighted by Crippen LogP contribution is 2.42. The number of benzene rings is 1. The van der Waals surface area contributed by atoms with Crippen molar-refractivity contribution in [3.8, 4) is 5.75 Å². The van der Waals surface area contributed by atoms with E-state index in [9.17, 15) is 13.2 Å². The van der Waals surface area contributed by atoms with E-state index < -0.39 is 12.3 Å². The van der Waals surface area contributed by atoms with Gasteiger partial charge in [0.05, 0.1) is 23.8 Å². The molecule has 1 aliphatic heterocycles. The van der Waals surface area contributed by atoms with Crippen LogP contribution in [0.25, 0.3) is 0 Å². The van der Waals surface area contributed by atoms with Crippen LogP contribution in [0, 0.1) is 0 Å². The van der Waals surface area contributed by atoms with E-state index in [4.69, 9.17) is 9.47 Å². The number of nitrogens with zero attached hydrogens (tertiary/aromatic N) is 2. The molecule has 2 aromatic rings. The number of alkyl halides is 3. The van der Waals surface area contributed by atoms with Gasteiger partial charge in [-0.15, -0.1) is 0 Å². The lowest BCUT2D eigenvalue weighted by atomic mass is 9.90. The monoisotopic (exact) mass is 407 g/mol. The summed E-state index contributed by atoms with van der Waals surface area (Å²) >= 11 is 0. The summed E-state index contributed by atoms with van der Waals surface area (Å²) < 4.78 is 50.5. The summed E-state index contributed by atoms with van der Waals surface area (Å²) in [5, 5.41) is 3.10. The molecular formula is C21H24F3N3O2. The highest BCUT2D eigenvalue weighted by Gasteiger charge is 2.39. The second-order valence-corrected chi connectivity index (χ2v) is 7.64. The maximum absolute atomic E-state index is 13.2. The van der Waals surface area contributed by atoms with Crippen LogP contribution in [0.4, 0.5) is 24.7 Å². The van der Waals surface area contributed by atoms with Crippen LogP contribution >= 0.6 is 0 Å². The van der Waals surface area contributed by atoms with Gasteiger partial charge in [0.15, 0.2) is 6.10 Å². The molecule has 1 saturated heterocycles. The lowest BCUT2D eigenvalue weighted by molar-refractivity contribution is -0.189. The smallest absolute Gasteiger partial charge is 0.425 e. The highest BCUT2D eigenvalue weighted by molar-refractivity contribution is 5.67. The maximum Gasteiger partial charge on any atom is 0.425 e. The van der Waals surface area contributed by atoms with Crippen LogP contribution in [0.1, 0.15) is 55.7 Å². The molecule has 0 radical (unpaired) electrons. The number of hydrogen-bond acceptors (Lipinski definition) is 5. The number of hydrogen-bond donors (Lipinski definition) is 1. The third-order valence-corrected chi connectivity index (χ3v) is 5.39. The average molecular weight is 407 g/mol. The van der Waals surface area contributed by atoms with Gasteiger partial charge in [-0.2, -0.15) is 13.2 Å². The van der Waals surface area contributed by atoms with Crippen LogP contribution in [-0.4, -0.2) is 35.5 Å². The summed E-state index contributed by atoms with van der Waals surface area (Å²) in [4.78, 5) is 8.79. The normalized spacial score (nSPS) is 19.0. The zero-order valence-corrected chi connectivity index (χ0v) is 16.2. The molecule has 156 valence electrons. The number of anilines is 2. The topological polar surface area (TPSA) is 56.3 Å². The molecule has 1 N–H and O–H groups in total. The van der Waals surface area contributed by atoms with Gasteiger partial charge in [-0.3, -0.25) is 4.98 Å². The molecule has 0 unspecified atom stereocenters. The Bertz CT molecular complexity index is 832. The lowest BCUT2D eigenvalue weighted by Crippen LogP contribution is -2.32. The van der Waals surface area contributed by atoms with Crippen molar-refractivity contribution in [1.82, 2.24) is 9.97 Å². The average Bonchev–Trinajstić information content (AvgIpc) is 3.55. The van der Waals surface area contributed by atoms with Gasteiger partial charge in [0.2, 0.25) is 0 Å². The molecule has 5 nitrogen and oxygen atoms in total. The van der Waals surface area contributed by atoms with Crippen molar-refractivity contribution < 1.29 is 22.6 Å². The predicted molar refractivity (Wildman–Crippen MR) is 103 cm³/mol. The zero-order chi connectivity index (χ0) is 20.4. The summed E-state index contributed by atoms with van der Waals surface area (Å²) in [6.45, 7) is 2.20. The molecular weight excluding hydrogens is 383 g/mol. The van der Waals surface area contributed by atoms with Gasteiger partial charge in [0, 0.05) is 19.1 Å². The molecule has 2 heterocycles. The Hall–Kier alpha value is -2.35. The number of rotatable bonds is 6. The standard InChI is InChI=1S/C21H24F3N3O2/c1-13(21(22,23)24)29-20-16(14-7-9-28-10-8-14)3-2-4-17(20)27-19-12-25-18(11-26-19)15-5-6-15/h2-4,11-15H,5-10H2,1H3,(H,26,27)/t13-/m0/s1. The van der Waals surface area contributed by atoms with Crippen molar-refractivity contribution in [3.05, 3.63) is 41.9 Å². The molecule has 0 bridgehead atoms. The van der Waals surface area contributed by atoms with Gasteiger partial charge < -0.3 is 14.8 Å². The Morgan fingerprint density at radius 3 is 2.45 bits per heavy atom. The SMILES string of the molecule is C[C@H](Oc1c(Nc2cnc(C3CC3)cn2)cccc1C1CCOCC1)C(F)(F)F. The molecule has 1 saturated carbocycles. The molecule has 0 spiro atoms. The van der Waals surface area contributed by atoms with E-state index >= 15 is 0 Å². The molecule has 4 rings (SSSR count). The van der Waals surface area contributed by atoms with Crippen molar-refractivity contribution in [2.24, 2.45) is 0 Å². The largest absolute Gasteiger partial charge is 0.479 e. The fourth-order valence-corrected chi connectivity index (χ4v) is 3.49. The predicted octanol–water partition coefficient (Wildman–Crippen LogP) is 5.32. The Balaban J connectivity index is 1.63. The molecule has 2 fully saturated rings. The molecule has 1 aromatic heterocycles. The Morgan fingerprint density at radius 1 is 1.07 bits per heavy atom. The van der Waals surface area contributed by atoms with Crippen molar-refractivity contribution in [2.75, 3.05) is 18.5 Å². The third-order valence-electron chi connectivity index (χ3n) is 5.39. The third kappa shape index (κ3) is 4.80. The maximum atomic E-state index is 13.2. The molecule has 1 aromatic carbocycles. The summed E-state index contributed by atoms with van der Waals surface area (Å²) in [7, 11) is 0. The minimum Gasteiger partial charge on any atom is -0.479 e. The second-order valence-electron chi connectivity index (χ2n) is 7.64. The fourth-order valence-electron chi connectivity index (χ4n) is 3.49. The quantitative estimate of drug-likeness (QED) is 0.702. The summed E-state index contributed by atoms with van der Waals surface area (Å²) in [5.41, 5.74) is 2.17. The van der Waals surface area contributed by atoms with Gasteiger partial charge in [0.1, 0.15) is 11.6 Å². The first-order chi connectivity index (χ1) is 13.9. The van der Waals surface area contributed by atoms with E-state index in [0.29, 0.717) is 30.6 Å². The van der Waals surface area contributed by atoms with E-state index in [1.807, 2.05) is 12.1 Å².